The van der Waals surface area contributed by atoms with E-state index in [1.54, 1.807) is 0 Å². The molecule has 120 valence electrons. The van der Waals surface area contributed by atoms with E-state index in [2.05, 4.69) is 4.98 Å². The quantitative estimate of drug-likeness (QED) is 0.475. The molecule has 0 aliphatic heterocycles. The van der Waals surface area contributed by atoms with E-state index in [9.17, 15) is 4.79 Å². The Kier molecular flexibility index (Phi) is 4.09. The van der Waals surface area contributed by atoms with Crippen LogP contribution in [0.25, 0.3) is 22.0 Å². The van der Waals surface area contributed by atoms with Crippen LogP contribution in [-0.2, 0) is 6.42 Å². The van der Waals surface area contributed by atoms with Gasteiger partial charge in [0, 0.05) is 23.6 Å². The molecule has 0 saturated heterocycles. The summed E-state index contributed by atoms with van der Waals surface area (Å²) in [6.07, 6.45) is 2.22. The summed E-state index contributed by atoms with van der Waals surface area (Å²) in [4.78, 5) is 17.8. The number of carbonyl (C=O) groups excluding carboxylic acids is 1. The van der Waals surface area contributed by atoms with Gasteiger partial charge in [-0.3, -0.25) is 9.78 Å². The highest BCUT2D eigenvalue weighted by molar-refractivity contribution is 6.12. The van der Waals surface area contributed by atoms with Crippen LogP contribution in [0.1, 0.15) is 15.9 Å². The van der Waals surface area contributed by atoms with E-state index in [1.165, 1.54) is 0 Å². The number of aromatic nitrogens is 1. The minimum Gasteiger partial charge on any atom is -0.294 e. The Morgan fingerprint density at radius 1 is 0.760 bits per heavy atom. The third kappa shape index (κ3) is 3.07. The van der Waals surface area contributed by atoms with Crippen LogP contribution in [-0.4, -0.2) is 10.8 Å². The van der Waals surface area contributed by atoms with E-state index in [0.717, 1.165) is 27.6 Å². The fraction of sp³-hybridized carbons (Fsp3) is 0.0435. The molecule has 4 rings (SSSR count). The molecular formula is C23H17NO. The minimum absolute atomic E-state index is 0.0920. The zero-order valence-corrected chi connectivity index (χ0v) is 13.7. The Hall–Kier alpha value is -3.26. The third-order valence-electron chi connectivity index (χ3n) is 4.33. The predicted octanol–water partition coefficient (Wildman–Crippen LogP) is 5.33. The maximum Gasteiger partial charge on any atom is 0.170 e. The van der Waals surface area contributed by atoms with Gasteiger partial charge in [0.1, 0.15) is 0 Å². The second-order valence-electron chi connectivity index (χ2n) is 6.02. The topological polar surface area (TPSA) is 30.0 Å². The lowest BCUT2D eigenvalue weighted by Gasteiger charge is -2.12. The molecule has 0 saturated carbocycles. The van der Waals surface area contributed by atoms with Crippen molar-refractivity contribution < 1.29 is 4.79 Å². The van der Waals surface area contributed by atoms with Crippen molar-refractivity contribution in [1.82, 2.24) is 4.98 Å². The third-order valence-corrected chi connectivity index (χ3v) is 4.33. The molecule has 0 atom stereocenters. The Balaban J connectivity index is 1.89. The van der Waals surface area contributed by atoms with Crippen molar-refractivity contribution in [3.63, 3.8) is 0 Å². The first-order valence-corrected chi connectivity index (χ1v) is 8.33. The van der Waals surface area contributed by atoms with Crippen LogP contribution in [0.4, 0.5) is 0 Å². The molecule has 0 radical (unpaired) electrons. The highest BCUT2D eigenvalue weighted by Gasteiger charge is 2.18. The van der Waals surface area contributed by atoms with Crippen LogP contribution in [0.15, 0.2) is 91.1 Å². The van der Waals surface area contributed by atoms with Crippen LogP contribution in [0, 0.1) is 0 Å². The standard InChI is InChI=1S/C23H17NO/c25-21(15-17-9-3-1-4-10-17)22-20-14-8-7-13-19(20)16-24-23(22)18-11-5-2-6-12-18/h1-14,16H,15H2. The largest absolute Gasteiger partial charge is 0.294 e. The summed E-state index contributed by atoms with van der Waals surface area (Å²) in [7, 11) is 0. The normalized spacial score (nSPS) is 10.7. The van der Waals surface area contributed by atoms with Crippen LogP contribution < -0.4 is 0 Å². The van der Waals surface area contributed by atoms with Crippen molar-refractivity contribution in [3.05, 3.63) is 102 Å². The van der Waals surface area contributed by atoms with Gasteiger partial charge in [-0.1, -0.05) is 84.9 Å². The number of hydrogen-bond acceptors (Lipinski definition) is 2. The lowest BCUT2D eigenvalue weighted by molar-refractivity contribution is 0.0995. The lowest BCUT2D eigenvalue weighted by atomic mass is 9.94. The van der Waals surface area contributed by atoms with Gasteiger partial charge in [0.05, 0.1) is 11.3 Å². The van der Waals surface area contributed by atoms with E-state index in [-0.39, 0.29) is 5.78 Å². The van der Waals surface area contributed by atoms with Gasteiger partial charge < -0.3 is 0 Å². The number of carbonyl (C=O) groups is 1. The second-order valence-corrected chi connectivity index (χ2v) is 6.02. The van der Waals surface area contributed by atoms with Crippen LogP contribution in [0.2, 0.25) is 0 Å². The lowest BCUT2D eigenvalue weighted by Crippen LogP contribution is -2.08. The molecular weight excluding hydrogens is 306 g/mol. The average molecular weight is 323 g/mol. The summed E-state index contributed by atoms with van der Waals surface area (Å²) in [6, 6.07) is 27.7. The van der Waals surface area contributed by atoms with E-state index in [0.29, 0.717) is 12.0 Å². The van der Waals surface area contributed by atoms with Crippen molar-refractivity contribution in [2.75, 3.05) is 0 Å². The van der Waals surface area contributed by atoms with E-state index >= 15 is 0 Å². The number of benzene rings is 3. The maximum atomic E-state index is 13.2. The highest BCUT2D eigenvalue weighted by atomic mass is 16.1. The minimum atomic E-state index is 0.0920. The molecule has 0 fully saturated rings. The molecule has 4 aromatic rings. The van der Waals surface area contributed by atoms with E-state index in [1.807, 2.05) is 91.1 Å². The van der Waals surface area contributed by atoms with Crippen LogP contribution >= 0.6 is 0 Å². The monoisotopic (exact) mass is 323 g/mol. The van der Waals surface area contributed by atoms with Gasteiger partial charge in [-0.2, -0.15) is 0 Å². The molecule has 3 aromatic carbocycles. The van der Waals surface area contributed by atoms with Gasteiger partial charge in [0.25, 0.3) is 0 Å². The molecule has 0 spiro atoms. The van der Waals surface area contributed by atoms with Crippen molar-refractivity contribution in [3.8, 4) is 11.3 Å². The number of hydrogen-bond donors (Lipinski definition) is 0. The summed E-state index contributed by atoms with van der Waals surface area (Å²) in [6.45, 7) is 0. The summed E-state index contributed by atoms with van der Waals surface area (Å²) < 4.78 is 0. The van der Waals surface area contributed by atoms with Gasteiger partial charge in [0.2, 0.25) is 0 Å². The van der Waals surface area contributed by atoms with Crippen molar-refractivity contribution in [2.45, 2.75) is 6.42 Å². The first-order valence-electron chi connectivity index (χ1n) is 8.33. The fourth-order valence-electron chi connectivity index (χ4n) is 3.13. The summed E-state index contributed by atoms with van der Waals surface area (Å²) in [5, 5.41) is 1.94. The predicted molar refractivity (Wildman–Crippen MR) is 102 cm³/mol. The molecule has 0 bridgehead atoms. The zero-order chi connectivity index (χ0) is 17.1. The fourth-order valence-corrected chi connectivity index (χ4v) is 3.13. The first kappa shape index (κ1) is 15.3. The van der Waals surface area contributed by atoms with Gasteiger partial charge in [-0.25, -0.2) is 0 Å². The molecule has 1 aromatic heterocycles. The Labute approximate surface area is 146 Å². The number of pyridine rings is 1. The van der Waals surface area contributed by atoms with Crippen molar-refractivity contribution >= 4 is 16.6 Å². The zero-order valence-electron chi connectivity index (χ0n) is 13.7. The number of nitrogens with zero attached hydrogens (tertiary/aromatic N) is 1. The smallest absolute Gasteiger partial charge is 0.170 e. The van der Waals surface area contributed by atoms with Gasteiger partial charge in [0.15, 0.2) is 5.78 Å². The molecule has 0 aliphatic rings. The average Bonchev–Trinajstić information content (AvgIpc) is 2.68. The Bertz CT molecular complexity index is 1020. The van der Waals surface area contributed by atoms with Crippen molar-refractivity contribution in [1.29, 1.82) is 0 Å². The van der Waals surface area contributed by atoms with E-state index < -0.39 is 0 Å². The number of Topliss-reactive ketones (excluding diaryl/α,β-unsaturated/α-hetero) is 1. The summed E-state index contributed by atoms with van der Waals surface area (Å²) >= 11 is 0. The molecule has 0 amide bonds. The molecule has 25 heavy (non-hydrogen) atoms. The Morgan fingerprint density at radius 2 is 1.40 bits per heavy atom. The van der Waals surface area contributed by atoms with E-state index in [4.69, 9.17) is 0 Å². The Morgan fingerprint density at radius 3 is 2.16 bits per heavy atom. The molecule has 0 unspecified atom stereocenters. The number of rotatable bonds is 4. The van der Waals surface area contributed by atoms with Crippen LogP contribution in [0.5, 0.6) is 0 Å². The van der Waals surface area contributed by atoms with Gasteiger partial charge in [-0.15, -0.1) is 0 Å². The summed E-state index contributed by atoms with van der Waals surface area (Å²) in [5.41, 5.74) is 3.43. The summed E-state index contributed by atoms with van der Waals surface area (Å²) in [5.74, 6) is 0.0920. The number of ketones is 1. The first-order chi connectivity index (χ1) is 12.3. The van der Waals surface area contributed by atoms with Crippen LogP contribution in [0.3, 0.4) is 0 Å². The maximum absolute atomic E-state index is 13.2. The van der Waals surface area contributed by atoms with Gasteiger partial charge >= 0.3 is 0 Å². The highest BCUT2D eigenvalue weighted by Crippen LogP contribution is 2.29. The second kappa shape index (κ2) is 6.70. The molecule has 0 N–H and O–H groups in total. The molecule has 2 nitrogen and oxygen atoms in total. The molecule has 1 heterocycles. The molecule has 0 aliphatic carbocycles. The van der Waals surface area contributed by atoms with Gasteiger partial charge in [-0.05, 0) is 10.9 Å². The SMILES string of the molecule is O=C(Cc1ccccc1)c1c(-c2ccccc2)ncc2ccccc12. The van der Waals surface area contributed by atoms with Crippen molar-refractivity contribution in [2.24, 2.45) is 0 Å². The number of fused-ring (bicyclic) bond motifs is 1. The molecule has 2 heteroatoms.